The van der Waals surface area contributed by atoms with Crippen LogP contribution in [0, 0.1) is 0 Å². The molecule has 1 N–H and O–H groups in total. The fourth-order valence-electron chi connectivity index (χ4n) is 2.03. The van der Waals surface area contributed by atoms with Gasteiger partial charge < -0.3 is 0 Å². The average molecular weight is 292 g/mol. The summed E-state index contributed by atoms with van der Waals surface area (Å²) in [5, 5.41) is 3.85. The van der Waals surface area contributed by atoms with Crippen LogP contribution in [0.25, 0.3) is 0 Å². The molecule has 100 valence electrons. The van der Waals surface area contributed by atoms with E-state index in [0.29, 0.717) is 25.7 Å². The van der Waals surface area contributed by atoms with Crippen molar-refractivity contribution in [2.45, 2.75) is 36.8 Å². The van der Waals surface area contributed by atoms with E-state index in [4.69, 9.17) is 11.6 Å². The molecule has 0 bridgehead atoms. The first-order valence-corrected chi connectivity index (χ1v) is 7.48. The molecule has 8 heteroatoms. The fraction of sp³-hybridized carbons (Fsp3) is 0.600. The Morgan fingerprint density at radius 3 is 2.56 bits per heavy atom. The largest absolute Gasteiger partial charge is 0.300 e. The number of nitrogens with zero attached hydrogens (tertiary/aromatic N) is 2. The van der Waals surface area contributed by atoms with Crippen molar-refractivity contribution >= 4 is 27.4 Å². The van der Waals surface area contributed by atoms with Crippen molar-refractivity contribution in [2.24, 2.45) is 7.05 Å². The Morgan fingerprint density at radius 2 is 2.06 bits per heavy atom. The first-order valence-electron chi connectivity index (χ1n) is 5.61. The molecule has 0 atom stereocenters. The maximum Gasteiger partial charge on any atom is 0.259 e. The fourth-order valence-corrected chi connectivity index (χ4v) is 4.00. The van der Waals surface area contributed by atoms with Crippen molar-refractivity contribution in [1.82, 2.24) is 14.5 Å². The third-order valence-electron chi connectivity index (χ3n) is 2.96. The standard InChI is InChI=1S/C10H14ClN3O3S/c1-14-10(9(11)6-12-14)18(16,17)13-7-2-4-8(15)5-3-7/h6-7,13H,2-5H2,1H3. The maximum atomic E-state index is 12.1. The van der Waals surface area contributed by atoms with Crippen LogP contribution in [0.3, 0.4) is 0 Å². The molecule has 1 aliphatic carbocycles. The summed E-state index contributed by atoms with van der Waals surface area (Å²) in [4.78, 5) is 11.1. The highest BCUT2D eigenvalue weighted by molar-refractivity contribution is 7.89. The van der Waals surface area contributed by atoms with Gasteiger partial charge in [0.05, 0.1) is 11.2 Å². The molecule has 1 aliphatic rings. The quantitative estimate of drug-likeness (QED) is 0.896. The Balaban J connectivity index is 2.15. The van der Waals surface area contributed by atoms with Crippen LogP contribution in [0.15, 0.2) is 11.2 Å². The molecule has 1 heterocycles. The van der Waals surface area contributed by atoms with Crippen molar-refractivity contribution in [3.8, 4) is 0 Å². The van der Waals surface area contributed by atoms with Crippen LogP contribution in [0.5, 0.6) is 0 Å². The summed E-state index contributed by atoms with van der Waals surface area (Å²) in [6, 6.07) is -0.210. The predicted molar refractivity (Wildman–Crippen MR) is 65.8 cm³/mol. The van der Waals surface area contributed by atoms with Crippen LogP contribution < -0.4 is 4.72 Å². The Morgan fingerprint density at radius 1 is 1.44 bits per heavy atom. The number of hydrogen-bond acceptors (Lipinski definition) is 4. The number of carbonyl (C=O) groups is 1. The monoisotopic (exact) mass is 291 g/mol. The molecule has 18 heavy (non-hydrogen) atoms. The summed E-state index contributed by atoms with van der Waals surface area (Å²) in [6.45, 7) is 0. The summed E-state index contributed by atoms with van der Waals surface area (Å²) >= 11 is 5.81. The van der Waals surface area contributed by atoms with Crippen molar-refractivity contribution in [3.63, 3.8) is 0 Å². The van der Waals surface area contributed by atoms with Crippen LogP contribution in [0.1, 0.15) is 25.7 Å². The average Bonchev–Trinajstić information content (AvgIpc) is 2.62. The second-order valence-electron chi connectivity index (χ2n) is 4.36. The number of Topliss-reactive ketones (excluding diaryl/α,β-unsaturated/α-hetero) is 1. The second kappa shape index (κ2) is 4.99. The molecule has 6 nitrogen and oxygen atoms in total. The van der Waals surface area contributed by atoms with Gasteiger partial charge in [0.2, 0.25) is 0 Å². The van der Waals surface area contributed by atoms with Gasteiger partial charge in [-0.25, -0.2) is 13.1 Å². The molecule has 0 unspecified atom stereocenters. The Labute approximate surface area is 110 Å². The summed E-state index contributed by atoms with van der Waals surface area (Å²) in [7, 11) is -2.17. The van der Waals surface area contributed by atoms with Crippen LogP contribution >= 0.6 is 11.6 Å². The minimum Gasteiger partial charge on any atom is -0.300 e. The van der Waals surface area contributed by atoms with E-state index in [1.807, 2.05) is 0 Å². The number of hydrogen-bond donors (Lipinski definition) is 1. The molecule has 1 saturated carbocycles. The summed E-state index contributed by atoms with van der Waals surface area (Å²) in [5.41, 5.74) is 0. The summed E-state index contributed by atoms with van der Waals surface area (Å²) < 4.78 is 28.1. The second-order valence-corrected chi connectivity index (χ2v) is 6.39. The molecule has 0 spiro atoms. The van der Waals surface area contributed by atoms with Gasteiger partial charge in [0.1, 0.15) is 5.78 Å². The van der Waals surface area contributed by atoms with Crippen LogP contribution in [0.2, 0.25) is 5.02 Å². The molecule has 0 saturated heterocycles. The van der Waals surface area contributed by atoms with Gasteiger partial charge in [-0.15, -0.1) is 0 Å². The number of aromatic nitrogens is 2. The van der Waals surface area contributed by atoms with Gasteiger partial charge in [-0.3, -0.25) is 9.48 Å². The summed E-state index contributed by atoms with van der Waals surface area (Å²) in [6.07, 6.45) is 3.21. The maximum absolute atomic E-state index is 12.1. The van der Waals surface area contributed by atoms with Crippen molar-refractivity contribution in [3.05, 3.63) is 11.2 Å². The molecule has 1 aromatic rings. The zero-order valence-electron chi connectivity index (χ0n) is 9.89. The molecular formula is C10H14ClN3O3S. The SMILES string of the molecule is Cn1ncc(Cl)c1S(=O)(=O)NC1CCC(=O)CC1. The van der Waals surface area contributed by atoms with E-state index in [9.17, 15) is 13.2 Å². The number of carbonyl (C=O) groups excluding carboxylic acids is 1. The lowest BCUT2D eigenvalue weighted by molar-refractivity contribution is -0.120. The molecule has 0 aromatic carbocycles. The molecule has 1 aromatic heterocycles. The highest BCUT2D eigenvalue weighted by Crippen LogP contribution is 2.22. The highest BCUT2D eigenvalue weighted by atomic mass is 35.5. The van der Waals surface area contributed by atoms with E-state index in [2.05, 4.69) is 9.82 Å². The van der Waals surface area contributed by atoms with Gasteiger partial charge >= 0.3 is 0 Å². The van der Waals surface area contributed by atoms with E-state index >= 15 is 0 Å². The van der Waals surface area contributed by atoms with Gasteiger partial charge in [-0.2, -0.15) is 5.10 Å². The smallest absolute Gasteiger partial charge is 0.259 e. The third-order valence-corrected chi connectivity index (χ3v) is 4.99. The van der Waals surface area contributed by atoms with Crippen molar-refractivity contribution < 1.29 is 13.2 Å². The van der Waals surface area contributed by atoms with E-state index in [1.165, 1.54) is 17.9 Å². The predicted octanol–water partition coefficient (Wildman–Crippen LogP) is 0.864. The van der Waals surface area contributed by atoms with E-state index < -0.39 is 10.0 Å². The molecule has 2 rings (SSSR count). The lowest BCUT2D eigenvalue weighted by Crippen LogP contribution is -2.38. The van der Waals surface area contributed by atoms with E-state index in [0.717, 1.165) is 0 Å². The van der Waals surface area contributed by atoms with E-state index in [-0.39, 0.29) is 21.9 Å². The lowest BCUT2D eigenvalue weighted by atomic mass is 9.95. The van der Waals surface area contributed by atoms with Crippen molar-refractivity contribution in [1.29, 1.82) is 0 Å². The zero-order valence-corrected chi connectivity index (χ0v) is 11.5. The molecule has 0 amide bonds. The zero-order chi connectivity index (χ0) is 13.3. The number of sulfonamides is 1. The third kappa shape index (κ3) is 2.73. The van der Waals surface area contributed by atoms with Gasteiger partial charge in [0.25, 0.3) is 10.0 Å². The van der Waals surface area contributed by atoms with Gasteiger partial charge in [0, 0.05) is 25.9 Å². The lowest BCUT2D eigenvalue weighted by Gasteiger charge is -2.21. The Bertz CT molecular complexity index is 537. The first-order chi connectivity index (χ1) is 8.40. The van der Waals surface area contributed by atoms with Gasteiger partial charge in [-0.1, -0.05) is 11.6 Å². The Hall–Kier alpha value is -0.920. The van der Waals surface area contributed by atoms with E-state index in [1.54, 1.807) is 0 Å². The molecule has 0 aliphatic heterocycles. The normalized spacial score (nSPS) is 18.2. The van der Waals surface area contributed by atoms with Gasteiger partial charge in [-0.05, 0) is 12.8 Å². The number of halogens is 1. The van der Waals surface area contributed by atoms with Crippen LogP contribution in [0.4, 0.5) is 0 Å². The minimum absolute atomic E-state index is 0.0407. The Kier molecular flexibility index (Phi) is 3.74. The minimum atomic E-state index is -3.69. The topological polar surface area (TPSA) is 81.1 Å². The number of rotatable bonds is 3. The number of aryl methyl sites for hydroxylation is 1. The molecular weight excluding hydrogens is 278 g/mol. The number of nitrogens with one attached hydrogen (secondary N) is 1. The molecule has 1 fully saturated rings. The van der Waals surface area contributed by atoms with Crippen LogP contribution in [-0.4, -0.2) is 30.0 Å². The molecule has 0 radical (unpaired) electrons. The van der Waals surface area contributed by atoms with Crippen molar-refractivity contribution in [2.75, 3.05) is 0 Å². The van der Waals surface area contributed by atoms with Gasteiger partial charge in [0.15, 0.2) is 5.03 Å². The highest BCUT2D eigenvalue weighted by Gasteiger charge is 2.28. The summed E-state index contributed by atoms with van der Waals surface area (Å²) in [5.74, 6) is 0.184. The van der Waals surface area contributed by atoms with Crippen LogP contribution in [-0.2, 0) is 21.9 Å². The first kappa shape index (κ1) is 13.5. The number of ketones is 1.